The van der Waals surface area contributed by atoms with Gasteiger partial charge >= 0.3 is 12.1 Å². The molecule has 4 N–H and O–H groups in total. The Labute approximate surface area is 189 Å². The Morgan fingerprint density at radius 3 is 1.91 bits per heavy atom. The number of anilines is 1. The number of urea groups is 1. The summed E-state index contributed by atoms with van der Waals surface area (Å²) in [4.78, 5) is 35.8. The minimum Gasteiger partial charge on any atom is -0.444 e. The number of amides is 4. The number of nitrogens with one attached hydrogen (secondary N) is 4. The van der Waals surface area contributed by atoms with E-state index < -0.39 is 11.7 Å². The van der Waals surface area contributed by atoms with Crippen molar-refractivity contribution in [2.75, 3.05) is 5.32 Å². The van der Waals surface area contributed by atoms with Gasteiger partial charge in [-0.25, -0.2) is 9.59 Å². The zero-order valence-corrected chi connectivity index (χ0v) is 19.2. The molecule has 2 rings (SSSR count). The van der Waals surface area contributed by atoms with Crippen molar-refractivity contribution in [2.24, 2.45) is 0 Å². The maximum absolute atomic E-state index is 12.4. The molecule has 0 bridgehead atoms. The first-order valence-electron chi connectivity index (χ1n) is 10.5. The zero-order valence-electron chi connectivity index (χ0n) is 19.2. The second kappa shape index (κ2) is 11.2. The Bertz CT molecular complexity index is 917. The van der Waals surface area contributed by atoms with E-state index in [1.807, 2.05) is 26.0 Å². The molecule has 8 heteroatoms. The molecular formula is C24H32N4O4. The summed E-state index contributed by atoms with van der Waals surface area (Å²) in [6, 6.07) is 14.0. The molecule has 172 valence electrons. The van der Waals surface area contributed by atoms with Crippen molar-refractivity contribution in [2.45, 2.75) is 59.4 Å². The standard InChI is InChI=1S/C24H32N4O4/c1-16(2)27-22(30)28-20-12-8-18(9-13-20)14-25-21(29)19-10-6-17(7-11-19)15-26-23(31)32-24(3,4)5/h6-13,16H,14-15H2,1-5H3,(H,25,29)(H,26,31)(H2,27,28,30). The third kappa shape index (κ3) is 9.07. The van der Waals surface area contributed by atoms with E-state index in [0.29, 0.717) is 24.3 Å². The van der Waals surface area contributed by atoms with Crippen molar-refractivity contribution in [1.82, 2.24) is 16.0 Å². The first-order chi connectivity index (χ1) is 15.0. The summed E-state index contributed by atoms with van der Waals surface area (Å²) in [5, 5.41) is 11.1. The van der Waals surface area contributed by atoms with Crippen molar-refractivity contribution in [3.05, 3.63) is 65.2 Å². The SMILES string of the molecule is CC(C)NC(=O)Nc1ccc(CNC(=O)c2ccc(CNC(=O)OC(C)(C)C)cc2)cc1. The van der Waals surface area contributed by atoms with Crippen molar-refractivity contribution in [3.8, 4) is 0 Å². The molecule has 0 radical (unpaired) electrons. The van der Waals surface area contributed by atoms with Gasteiger partial charge in [0.2, 0.25) is 0 Å². The van der Waals surface area contributed by atoms with Crippen LogP contribution >= 0.6 is 0 Å². The molecule has 0 saturated carbocycles. The van der Waals surface area contributed by atoms with Crippen molar-refractivity contribution < 1.29 is 19.1 Å². The molecule has 0 heterocycles. The first-order valence-corrected chi connectivity index (χ1v) is 10.5. The van der Waals surface area contributed by atoms with Gasteiger partial charge in [-0.3, -0.25) is 4.79 Å². The summed E-state index contributed by atoms with van der Waals surface area (Å²) in [6.45, 7) is 9.86. The Kier molecular flexibility index (Phi) is 8.63. The van der Waals surface area contributed by atoms with E-state index in [1.54, 1.807) is 57.2 Å². The summed E-state index contributed by atoms with van der Waals surface area (Å²) < 4.78 is 5.20. The third-order valence-electron chi connectivity index (χ3n) is 4.14. The number of carbonyl (C=O) groups excluding carboxylic acids is 3. The quantitative estimate of drug-likeness (QED) is 0.518. The van der Waals surface area contributed by atoms with Gasteiger partial charge in [0, 0.05) is 30.4 Å². The molecule has 2 aromatic carbocycles. The molecule has 0 aliphatic carbocycles. The van der Waals surface area contributed by atoms with Crippen molar-refractivity contribution in [3.63, 3.8) is 0 Å². The number of rotatable bonds is 7. The Balaban J connectivity index is 1.80. The Morgan fingerprint density at radius 2 is 1.38 bits per heavy atom. The highest BCUT2D eigenvalue weighted by atomic mass is 16.6. The minimum atomic E-state index is -0.550. The average molecular weight is 441 g/mol. The topological polar surface area (TPSA) is 109 Å². The van der Waals surface area contributed by atoms with Crippen LogP contribution in [0.25, 0.3) is 0 Å². The molecule has 0 spiro atoms. The lowest BCUT2D eigenvalue weighted by Gasteiger charge is -2.19. The normalized spacial score (nSPS) is 10.9. The predicted octanol–water partition coefficient (Wildman–Crippen LogP) is 4.17. The molecule has 8 nitrogen and oxygen atoms in total. The Hall–Kier alpha value is -3.55. The molecule has 32 heavy (non-hydrogen) atoms. The largest absolute Gasteiger partial charge is 0.444 e. The van der Waals surface area contributed by atoms with Crippen LogP contribution in [0.2, 0.25) is 0 Å². The molecule has 0 saturated heterocycles. The minimum absolute atomic E-state index is 0.0554. The smallest absolute Gasteiger partial charge is 0.407 e. The van der Waals surface area contributed by atoms with Gasteiger partial charge in [0.15, 0.2) is 0 Å². The van der Waals surface area contributed by atoms with Gasteiger partial charge in [0.05, 0.1) is 0 Å². The fourth-order valence-electron chi connectivity index (χ4n) is 2.68. The first kappa shape index (κ1) is 24.7. The van der Waals surface area contributed by atoms with Gasteiger partial charge in [0.1, 0.15) is 5.60 Å². The zero-order chi connectivity index (χ0) is 23.7. The molecule has 0 aliphatic rings. The molecular weight excluding hydrogens is 408 g/mol. The molecule has 0 fully saturated rings. The van der Waals surface area contributed by atoms with E-state index >= 15 is 0 Å². The lowest BCUT2D eigenvalue weighted by atomic mass is 10.1. The van der Waals surface area contributed by atoms with Crippen molar-refractivity contribution in [1.29, 1.82) is 0 Å². The fraction of sp³-hybridized carbons (Fsp3) is 0.375. The number of benzene rings is 2. The number of hydrogen-bond acceptors (Lipinski definition) is 4. The lowest BCUT2D eigenvalue weighted by molar-refractivity contribution is 0.0523. The van der Waals surface area contributed by atoms with Crippen LogP contribution in [-0.2, 0) is 17.8 Å². The van der Waals surface area contributed by atoms with Crippen LogP contribution in [0.1, 0.15) is 56.1 Å². The molecule has 2 aromatic rings. The van der Waals surface area contributed by atoms with E-state index in [2.05, 4.69) is 21.3 Å². The van der Waals surface area contributed by atoms with Crippen LogP contribution in [0.4, 0.5) is 15.3 Å². The van der Waals surface area contributed by atoms with Gasteiger partial charge in [0.25, 0.3) is 5.91 Å². The number of alkyl carbamates (subject to hydrolysis) is 1. The summed E-state index contributed by atoms with van der Waals surface area (Å²) in [5.74, 6) is -0.199. The molecule has 0 unspecified atom stereocenters. The molecule has 4 amide bonds. The van der Waals surface area contributed by atoms with E-state index in [0.717, 1.165) is 11.1 Å². The monoisotopic (exact) mass is 440 g/mol. The lowest BCUT2D eigenvalue weighted by Crippen LogP contribution is -2.34. The molecule has 0 atom stereocenters. The van der Waals surface area contributed by atoms with Gasteiger partial charge in [-0.2, -0.15) is 0 Å². The van der Waals surface area contributed by atoms with E-state index in [4.69, 9.17) is 4.74 Å². The maximum Gasteiger partial charge on any atom is 0.407 e. The number of hydrogen-bond donors (Lipinski definition) is 4. The second-order valence-corrected chi connectivity index (χ2v) is 8.69. The van der Waals surface area contributed by atoms with Crippen LogP contribution in [0.3, 0.4) is 0 Å². The van der Waals surface area contributed by atoms with E-state index in [-0.39, 0.29) is 18.0 Å². The van der Waals surface area contributed by atoms with Crippen LogP contribution in [0.15, 0.2) is 48.5 Å². The van der Waals surface area contributed by atoms with Gasteiger partial charge in [-0.15, -0.1) is 0 Å². The van der Waals surface area contributed by atoms with E-state index in [9.17, 15) is 14.4 Å². The number of ether oxygens (including phenoxy) is 1. The van der Waals surface area contributed by atoms with E-state index in [1.165, 1.54) is 0 Å². The highest BCUT2D eigenvalue weighted by Crippen LogP contribution is 2.11. The Morgan fingerprint density at radius 1 is 0.844 bits per heavy atom. The van der Waals surface area contributed by atoms with Crippen molar-refractivity contribution >= 4 is 23.7 Å². The molecule has 0 aliphatic heterocycles. The molecule has 0 aromatic heterocycles. The third-order valence-corrected chi connectivity index (χ3v) is 4.14. The summed E-state index contributed by atoms with van der Waals surface area (Å²) in [5.41, 5.74) is 2.41. The summed E-state index contributed by atoms with van der Waals surface area (Å²) in [6.07, 6.45) is -0.485. The summed E-state index contributed by atoms with van der Waals surface area (Å²) in [7, 11) is 0. The van der Waals surface area contributed by atoms with Gasteiger partial charge < -0.3 is 26.0 Å². The predicted molar refractivity (Wildman–Crippen MR) is 124 cm³/mol. The van der Waals surface area contributed by atoms with Gasteiger partial charge in [-0.1, -0.05) is 24.3 Å². The van der Waals surface area contributed by atoms with Crippen LogP contribution in [0.5, 0.6) is 0 Å². The van der Waals surface area contributed by atoms with Crippen LogP contribution < -0.4 is 21.3 Å². The van der Waals surface area contributed by atoms with Crippen LogP contribution in [0, 0.1) is 0 Å². The van der Waals surface area contributed by atoms with Gasteiger partial charge in [-0.05, 0) is 70.0 Å². The highest BCUT2D eigenvalue weighted by Gasteiger charge is 2.15. The summed E-state index contributed by atoms with van der Waals surface area (Å²) >= 11 is 0. The fourth-order valence-corrected chi connectivity index (χ4v) is 2.68. The van der Waals surface area contributed by atoms with Crippen LogP contribution in [-0.4, -0.2) is 29.7 Å². The maximum atomic E-state index is 12.4. The highest BCUT2D eigenvalue weighted by molar-refractivity contribution is 5.94. The average Bonchev–Trinajstić information content (AvgIpc) is 2.70. The number of carbonyl (C=O) groups is 3. The second-order valence-electron chi connectivity index (χ2n) is 8.69.